The Morgan fingerprint density at radius 2 is 1.88 bits per heavy atom. The van der Waals surface area contributed by atoms with E-state index in [1.54, 1.807) is 6.07 Å². The van der Waals surface area contributed by atoms with Crippen molar-refractivity contribution < 1.29 is 9.72 Å². The fraction of sp³-hybridized carbons (Fsp3) is 0.235. The van der Waals surface area contributed by atoms with E-state index in [4.69, 9.17) is 0 Å². The van der Waals surface area contributed by atoms with Crippen LogP contribution >= 0.6 is 15.9 Å². The van der Waals surface area contributed by atoms with Crippen LogP contribution in [0.2, 0.25) is 0 Å². The van der Waals surface area contributed by atoms with Crippen LogP contribution in [-0.4, -0.2) is 29.8 Å². The summed E-state index contributed by atoms with van der Waals surface area (Å²) in [6, 6.07) is 12.2. The van der Waals surface area contributed by atoms with Gasteiger partial charge in [0.05, 0.1) is 9.40 Å². The monoisotopic (exact) mass is 391 g/mol. The molecule has 0 spiro atoms. The van der Waals surface area contributed by atoms with Gasteiger partial charge in [-0.1, -0.05) is 24.3 Å². The molecule has 0 aliphatic carbocycles. The zero-order chi connectivity index (χ0) is 17.7. The maximum Gasteiger partial charge on any atom is 0.284 e. The lowest BCUT2D eigenvalue weighted by molar-refractivity contribution is -0.385. The first-order valence-electron chi connectivity index (χ1n) is 7.32. The summed E-state index contributed by atoms with van der Waals surface area (Å²) in [5, 5.41) is 13.8. The van der Waals surface area contributed by atoms with Gasteiger partial charge in [-0.05, 0) is 53.3 Å². The Hall–Kier alpha value is -2.25. The molecule has 0 aliphatic heterocycles. The molecule has 1 N–H and O–H groups in total. The average molecular weight is 392 g/mol. The molecule has 1 amide bonds. The number of benzene rings is 2. The Kier molecular flexibility index (Phi) is 6.05. The number of halogens is 1. The molecule has 2 aromatic rings. The van der Waals surface area contributed by atoms with Gasteiger partial charge in [-0.2, -0.15) is 0 Å². The predicted molar refractivity (Wildman–Crippen MR) is 95.8 cm³/mol. The van der Waals surface area contributed by atoms with Crippen LogP contribution in [0.25, 0.3) is 0 Å². The molecule has 0 fully saturated rings. The van der Waals surface area contributed by atoms with Gasteiger partial charge in [0.15, 0.2) is 0 Å². The van der Waals surface area contributed by atoms with Crippen molar-refractivity contribution in [1.29, 1.82) is 0 Å². The lowest BCUT2D eigenvalue weighted by Crippen LogP contribution is -2.24. The number of carbonyl (C=O) groups is 1. The van der Waals surface area contributed by atoms with Crippen molar-refractivity contribution in [3.63, 3.8) is 0 Å². The number of carbonyl (C=O) groups excluding carboxylic acids is 1. The molecule has 0 aliphatic rings. The third-order valence-corrected chi connectivity index (χ3v) is 4.12. The van der Waals surface area contributed by atoms with Gasteiger partial charge in [0.2, 0.25) is 0 Å². The Bertz CT molecular complexity index is 762. The summed E-state index contributed by atoms with van der Waals surface area (Å²) in [6.45, 7) is 1.14. The second kappa shape index (κ2) is 8.03. The molecule has 24 heavy (non-hydrogen) atoms. The van der Waals surface area contributed by atoms with Crippen LogP contribution in [0.5, 0.6) is 0 Å². The first kappa shape index (κ1) is 18.1. The van der Waals surface area contributed by atoms with Crippen LogP contribution in [0, 0.1) is 10.1 Å². The minimum atomic E-state index is -0.521. The fourth-order valence-electron chi connectivity index (χ4n) is 2.30. The first-order chi connectivity index (χ1) is 11.4. The van der Waals surface area contributed by atoms with Crippen molar-refractivity contribution in [3.8, 4) is 0 Å². The average Bonchev–Trinajstić information content (AvgIpc) is 2.53. The maximum absolute atomic E-state index is 12.3. The summed E-state index contributed by atoms with van der Waals surface area (Å²) in [5.74, 6) is -0.342. The summed E-state index contributed by atoms with van der Waals surface area (Å²) < 4.78 is 0.348. The Morgan fingerprint density at radius 3 is 2.50 bits per heavy atom. The van der Waals surface area contributed by atoms with Gasteiger partial charge in [0.1, 0.15) is 0 Å². The third-order valence-electron chi connectivity index (χ3n) is 3.45. The van der Waals surface area contributed by atoms with E-state index >= 15 is 0 Å². The molecule has 2 aromatic carbocycles. The highest BCUT2D eigenvalue weighted by Crippen LogP contribution is 2.25. The number of nitrogens with one attached hydrogen (secondary N) is 1. The van der Waals surface area contributed by atoms with Crippen molar-refractivity contribution in [2.24, 2.45) is 0 Å². The van der Waals surface area contributed by atoms with E-state index in [1.807, 2.05) is 38.4 Å². The second-order valence-corrected chi connectivity index (χ2v) is 6.47. The smallest absolute Gasteiger partial charge is 0.284 e. The number of amides is 1. The molecule has 0 radical (unpaired) electrons. The third kappa shape index (κ3) is 4.62. The number of nitro benzene ring substituents is 1. The van der Waals surface area contributed by atoms with Crippen molar-refractivity contribution >= 4 is 27.5 Å². The standard InChI is InChI=1S/C17H18BrN3O3/c1-20(2)11-14-6-4-3-5-13(14)10-19-17(22)12-7-8-15(18)16(9-12)21(23)24/h3-9H,10-11H2,1-2H3,(H,19,22). The van der Waals surface area contributed by atoms with Crippen molar-refractivity contribution in [1.82, 2.24) is 10.2 Å². The van der Waals surface area contributed by atoms with Gasteiger partial charge in [-0.15, -0.1) is 0 Å². The fourth-order valence-corrected chi connectivity index (χ4v) is 2.69. The topological polar surface area (TPSA) is 75.5 Å². The van der Waals surface area contributed by atoms with E-state index in [1.165, 1.54) is 12.1 Å². The van der Waals surface area contributed by atoms with Gasteiger partial charge in [-0.25, -0.2) is 0 Å². The minimum absolute atomic E-state index is 0.129. The highest BCUT2D eigenvalue weighted by molar-refractivity contribution is 9.10. The first-order valence-corrected chi connectivity index (χ1v) is 8.11. The summed E-state index contributed by atoms with van der Waals surface area (Å²) in [7, 11) is 3.96. The molecule has 126 valence electrons. The molecule has 0 unspecified atom stereocenters. The van der Waals surface area contributed by atoms with Crippen LogP contribution in [-0.2, 0) is 13.1 Å². The summed E-state index contributed by atoms with van der Waals surface area (Å²) in [6.07, 6.45) is 0. The molecular formula is C17H18BrN3O3. The van der Waals surface area contributed by atoms with Crippen LogP contribution in [0.1, 0.15) is 21.5 Å². The normalized spacial score (nSPS) is 10.7. The van der Waals surface area contributed by atoms with E-state index in [-0.39, 0.29) is 17.2 Å². The predicted octanol–water partition coefficient (Wildman–Crippen LogP) is 3.35. The maximum atomic E-state index is 12.3. The molecule has 7 heteroatoms. The highest BCUT2D eigenvalue weighted by Gasteiger charge is 2.16. The molecule has 0 saturated carbocycles. The van der Waals surface area contributed by atoms with E-state index in [9.17, 15) is 14.9 Å². The lowest BCUT2D eigenvalue weighted by Gasteiger charge is -2.14. The van der Waals surface area contributed by atoms with E-state index in [0.29, 0.717) is 11.0 Å². The van der Waals surface area contributed by atoms with Crippen LogP contribution < -0.4 is 5.32 Å². The molecule has 0 heterocycles. The number of nitro groups is 1. The van der Waals surface area contributed by atoms with E-state index in [2.05, 4.69) is 26.1 Å². The summed E-state index contributed by atoms with van der Waals surface area (Å²) in [4.78, 5) is 24.8. The molecule has 0 bridgehead atoms. The summed E-state index contributed by atoms with van der Waals surface area (Å²) >= 11 is 3.11. The number of hydrogen-bond donors (Lipinski definition) is 1. The summed E-state index contributed by atoms with van der Waals surface area (Å²) in [5.41, 5.74) is 2.28. The second-order valence-electron chi connectivity index (χ2n) is 5.61. The molecule has 0 atom stereocenters. The minimum Gasteiger partial charge on any atom is -0.348 e. The molecular weight excluding hydrogens is 374 g/mol. The van der Waals surface area contributed by atoms with Crippen molar-refractivity contribution in [3.05, 3.63) is 73.7 Å². The largest absolute Gasteiger partial charge is 0.348 e. The zero-order valence-electron chi connectivity index (χ0n) is 13.5. The van der Waals surface area contributed by atoms with Gasteiger partial charge < -0.3 is 10.2 Å². The number of rotatable bonds is 6. The molecule has 0 aromatic heterocycles. The number of hydrogen-bond acceptors (Lipinski definition) is 4. The van der Waals surface area contributed by atoms with Gasteiger partial charge in [-0.3, -0.25) is 14.9 Å². The van der Waals surface area contributed by atoms with E-state index < -0.39 is 4.92 Å². The molecule has 6 nitrogen and oxygen atoms in total. The van der Waals surface area contributed by atoms with Gasteiger partial charge in [0.25, 0.3) is 11.6 Å². The van der Waals surface area contributed by atoms with Gasteiger partial charge >= 0.3 is 0 Å². The Balaban J connectivity index is 2.12. The van der Waals surface area contributed by atoms with Gasteiger partial charge in [0, 0.05) is 24.7 Å². The highest BCUT2D eigenvalue weighted by atomic mass is 79.9. The SMILES string of the molecule is CN(C)Cc1ccccc1CNC(=O)c1ccc(Br)c([N+](=O)[O-])c1. The quantitative estimate of drug-likeness (QED) is 0.604. The lowest BCUT2D eigenvalue weighted by atomic mass is 10.1. The van der Waals surface area contributed by atoms with Crippen LogP contribution in [0.15, 0.2) is 46.9 Å². The van der Waals surface area contributed by atoms with Crippen molar-refractivity contribution in [2.75, 3.05) is 14.1 Å². The Morgan fingerprint density at radius 1 is 1.21 bits per heavy atom. The molecule has 0 saturated heterocycles. The number of nitrogens with zero attached hydrogens (tertiary/aromatic N) is 2. The van der Waals surface area contributed by atoms with Crippen LogP contribution in [0.3, 0.4) is 0 Å². The van der Waals surface area contributed by atoms with Crippen LogP contribution in [0.4, 0.5) is 5.69 Å². The zero-order valence-corrected chi connectivity index (χ0v) is 15.0. The molecule has 2 rings (SSSR count). The Labute approximate surface area is 148 Å². The van der Waals surface area contributed by atoms with Crippen molar-refractivity contribution in [2.45, 2.75) is 13.1 Å². The van der Waals surface area contributed by atoms with E-state index in [0.717, 1.165) is 17.7 Å².